The highest BCUT2D eigenvalue weighted by Crippen LogP contribution is 2.50. The van der Waals surface area contributed by atoms with Crippen LogP contribution in [-0.4, -0.2) is 57.8 Å². The van der Waals surface area contributed by atoms with Crippen LogP contribution in [0.3, 0.4) is 0 Å². The van der Waals surface area contributed by atoms with Gasteiger partial charge in [-0.05, 0) is 67.7 Å². The Morgan fingerprint density at radius 1 is 0.828 bits per heavy atom. The van der Waals surface area contributed by atoms with Gasteiger partial charge in [0.2, 0.25) is 0 Å². The van der Waals surface area contributed by atoms with Gasteiger partial charge in [0.1, 0.15) is 0 Å². The highest BCUT2D eigenvalue weighted by Gasteiger charge is 2.34. The van der Waals surface area contributed by atoms with Crippen molar-refractivity contribution in [3.8, 4) is 0 Å². The van der Waals surface area contributed by atoms with E-state index in [4.69, 9.17) is 9.26 Å². The lowest BCUT2D eigenvalue weighted by Gasteiger charge is -2.45. The van der Waals surface area contributed by atoms with Crippen molar-refractivity contribution in [3.05, 3.63) is 0 Å². The van der Waals surface area contributed by atoms with E-state index < -0.39 is 8.45 Å². The van der Waals surface area contributed by atoms with Crippen LogP contribution < -0.4 is 0 Å². The van der Waals surface area contributed by atoms with E-state index in [1.54, 1.807) is 0 Å². The Morgan fingerprint density at radius 3 is 1.66 bits per heavy atom. The summed E-state index contributed by atoms with van der Waals surface area (Å²) in [4.78, 5) is 12.1. The summed E-state index contributed by atoms with van der Waals surface area (Å²) in [5, 5.41) is 0.286. The second-order valence-corrected chi connectivity index (χ2v) is 11.9. The number of hydrogen-bond donors (Lipinski definition) is 0. The van der Waals surface area contributed by atoms with Crippen molar-refractivity contribution in [1.82, 2.24) is 9.34 Å². The molecule has 0 fully saturated rings. The number of thioether (sulfide) groups is 1. The van der Waals surface area contributed by atoms with Crippen LogP contribution in [0.25, 0.3) is 0 Å². The molecule has 29 heavy (non-hydrogen) atoms. The molecule has 0 aromatic rings. The minimum Gasteiger partial charge on any atom is -0.355 e. The predicted molar refractivity (Wildman–Crippen MR) is 129 cm³/mol. The number of hydrogen-bond acceptors (Lipinski definition) is 6. The van der Waals surface area contributed by atoms with E-state index >= 15 is 0 Å². The second-order valence-electron chi connectivity index (χ2n) is 9.10. The fourth-order valence-electron chi connectivity index (χ4n) is 3.12. The molecular formula is C22H47N2O3PS. The van der Waals surface area contributed by atoms with E-state index in [1.807, 2.05) is 6.92 Å². The second kappa shape index (κ2) is 15.2. The first-order valence-electron chi connectivity index (χ1n) is 11.2. The molecule has 7 heteroatoms. The third-order valence-electron chi connectivity index (χ3n) is 4.81. The minimum absolute atomic E-state index is 0.115. The van der Waals surface area contributed by atoms with Crippen LogP contribution in [0.5, 0.6) is 0 Å². The van der Waals surface area contributed by atoms with Gasteiger partial charge in [0.05, 0.1) is 6.61 Å². The van der Waals surface area contributed by atoms with Crippen molar-refractivity contribution in [2.24, 2.45) is 11.8 Å². The van der Waals surface area contributed by atoms with E-state index in [2.05, 4.69) is 78.6 Å². The smallest absolute Gasteiger partial charge is 0.191 e. The molecule has 0 aliphatic heterocycles. The summed E-state index contributed by atoms with van der Waals surface area (Å²) in [6, 6.07) is 1.58. The Hall–Kier alpha value is 0.290. The van der Waals surface area contributed by atoms with Crippen molar-refractivity contribution in [1.29, 1.82) is 0 Å². The fraction of sp³-hybridized carbons (Fsp3) is 0.955. The summed E-state index contributed by atoms with van der Waals surface area (Å²) in [5.74, 6) is 1.32. The van der Waals surface area contributed by atoms with Crippen LogP contribution in [0.1, 0.15) is 82.6 Å². The van der Waals surface area contributed by atoms with Crippen LogP contribution >= 0.6 is 20.2 Å². The molecule has 0 amide bonds. The molecule has 174 valence electrons. The Balaban J connectivity index is 4.63. The maximum Gasteiger partial charge on any atom is 0.191 e. The van der Waals surface area contributed by atoms with E-state index in [1.165, 1.54) is 11.8 Å². The quantitative estimate of drug-likeness (QED) is 0.164. The van der Waals surface area contributed by atoms with Crippen molar-refractivity contribution in [3.63, 3.8) is 0 Å². The molecule has 5 nitrogen and oxygen atoms in total. The van der Waals surface area contributed by atoms with E-state index in [0.29, 0.717) is 43.5 Å². The standard InChI is InChI=1S/C22H47N2O3PS/c1-16(2)21(11)22(25)29-14-12-13-26-15-27-28(23(17(3)4)18(5)6)24(19(7)8)20(9)10/h16-21H,12-15H2,1-11H3. The lowest BCUT2D eigenvalue weighted by molar-refractivity contribution is -0.114. The van der Waals surface area contributed by atoms with Crippen molar-refractivity contribution >= 4 is 25.3 Å². The molecule has 1 atom stereocenters. The van der Waals surface area contributed by atoms with Crippen LogP contribution in [0.2, 0.25) is 0 Å². The monoisotopic (exact) mass is 450 g/mol. The van der Waals surface area contributed by atoms with E-state index in [9.17, 15) is 4.79 Å². The average molecular weight is 451 g/mol. The van der Waals surface area contributed by atoms with Gasteiger partial charge in [-0.15, -0.1) is 0 Å². The Kier molecular flexibility index (Phi) is 15.3. The topological polar surface area (TPSA) is 42.0 Å². The van der Waals surface area contributed by atoms with Crippen LogP contribution in [-0.2, 0) is 14.1 Å². The third-order valence-corrected chi connectivity index (χ3v) is 8.94. The first-order valence-corrected chi connectivity index (χ1v) is 13.3. The molecule has 0 heterocycles. The van der Waals surface area contributed by atoms with Crippen molar-refractivity contribution < 1.29 is 14.1 Å². The largest absolute Gasteiger partial charge is 0.355 e. The molecule has 0 saturated heterocycles. The van der Waals surface area contributed by atoms with Crippen molar-refractivity contribution in [2.75, 3.05) is 19.2 Å². The zero-order chi connectivity index (χ0) is 22.7. The zero-order valence-electron chi connectivity index (χ0n) is 20.8. The number of rotatable bonds is 15. The van der Waals surface area contributed by atoms with Gasteiger partial charge in [-0.25, -0.2) is 9.34 Å². The van der Waals surface area contributed by atoms with Crippen LogP contribution in [0, 0.1) is 11.8 Å². The molecule has 0 N–H and O–H groups in total. The molecular weight excluding hydrogens is 403 g/mol. The van der Waals surface area contributed by atoms with Crippen LogP contribution in [0.4, 0.5) is 0 Å². The molecule has 0 aromatic heterocycles. The van der Waals surface area contributed by atoms with E-state index in [-0.39, 0.29) is 11.0 Å². The van der Waals surface area contributed by atoms with Gasteiger partial charge < -0.3 is 9.26 Å². The zero-order valence-corrected chi connectivity index (χ0v) is 22.5. The van der Waals surface area contributed by atoms with Gasteiger partial charge in [0.25, 0.3) is 0 Å². The van der Waals surface area contributed by atoms with Gasteiger partial charge >= 0.3 is 0 Å². The lowest BCUT2D eigenvalue weighted by Crippen LogP contribution is -2.43. The minimum atomic E-state index is -0.914. The summed E-state index contributed by atoms with van der Waals surface area (Å²) in [6.07, 6.45) is 0.860. The van der Waals surface area contributed by atoms with E-state index in [0.717, 1.165) is 12.2 Å². The first-order chi connectivity index (χ1) is 13.4. The highest BCUT2D eigenvalue weighted by molar-refractivity contribution is 8.13. The molecule has 0 rings (SSSR count). The summed E-state index contributed by atoms with van der Waals surface area (Å²) in [6.45, 7) is 24.9. The average Bonchev–Trinajstić information content (AvgIpc) is 2.58. The summed E-state index contributed by atoms with van der Waals surface area (Å²) in [5.41, 5.74) is 0. The molecule has 0 aliphatic carbocycles. The summed E-state index contributed by atoms with van der Waals surface area (Å²) >= 11 is 1.43. The molecule has 1 unspecified atom stereocenters. The maximum atomic E-state index is 12.1. The number of ether oxygens (including phenoxy) is 1. The third kappa shape index (κ3) is 10.9. The maximum absolute atomic E-state index is 12.1. The summed E-state index contributed by atoms with van der Waals surface area (Å²) < 4.78 is 17.0. The Labute approximate surface area is 186 Å². The van der Waals surface area contributed by atoms with Gasteiger partial charge in [0.15, 0.2) is 20.4 Å². The molecule has 0 aliphatic rings. The van der Waals surface area contributed by atoms with Gasteiger partial charge in [-0.2, -0.15) is 0 Å². The van der Waals surface area contributed by atoms with Crippen LogP contribution in [0.15, 0.2) is 0 Å². The van der Waals surface area contributed by atoms with Gasteiger partial charge in [-0.3, -0.25) is 4.79 Å². The SMILES string of the molecule is CC(C)C(C)C(=O)SCCCOCOP(N(C(C)C)C(C)C)N(C(C)C)C(C)C. The molecule has 0 radical (unpaired) electrons. The molecule has 0 saturated carbocycles. The summed E-state index contributed by atoms with van der Waals surface area (Å²) in [7, 11) is -0.914. The number of carbonyl (C=O) groups excluding carboxylic acids is 1. The first kappa shape index (κ1) is 29.3. The van der Waals surface area contributed by atoms with Crippen molar-refractivity contribution in [2.45, 2.75) is 107 Å². The van der Waals surface area contributed by atoms with Gasteiger partial charge in [0, 0.05) is 35.8 Å². The Morgan fingerprint density at radius 2 is 1.28 bits per heavy atom. The van der Waals surface area contributed by atoms with Gasteiger partial charge in [-0.1, -0.05) is 32.5 Å². The fourth-order valence-corrected chi connectivity index (χ4v) is 6.37. The number of carbonyl (C=O) groups is 1. The predicted octanol–water partition coefficient (Wildman–Crippen LogP) is 6.38. The molecule has 0 aromatic carbocycles. The molecule has 0 spiro atoms. The number of nitrogens with zero attached hydrogens (tertiary/aromatic N) is 2. The molecule has 0 bridgehead atoms. The highest BCUT2D eigenvalue weighted by atomic mass is 32.2. The Bertz CT molecular complexity index is 412. The normalized spacial score (nSPS) is 14.0. The lowest BCUT2D eigenvalue weighted by atomic mass is 10.0.